The van der Waals surface area contributed by atoms with Gasteiger partial charge in [0.1, 0.15) is 0 Å². The first-order chi connectivity index (χ1) is 13.7. The van der Waals surface area contributed by atoms with Gasteiger partial charge in [-0.3, -0.25) is 0 Å². The summed E-state index contributed by atoms with van der Waals surface area (Å²) in [5.74, 6) is 0. The molecule has 0 spiro atoms. The average Bonchev–Trinajstić information content (AvgIpc) is 2.80. The van der Waals surface area contributed by atoms with E-state index in [2.05, 4.69) is 143 Å². The fraction of sp³-hybridized carbons (Fsp3) is 0.0400. The van der Waals surface area contributed by atoms with E-state index in [1.165, 1.54) is 20.8 Å². The molecule has 0 heterocycles. The van der Waals surface area contributed by atoms with Gasteiger partial charge in [-0.1, -0.05) is 0 Å². The van der Waals surface area contributed by atoms with Crippen molar-refractivity contribution < 1.29 is 0 Å². The number of hydrogen-bond acceptors (Lipinski definition) is 1. The molecule has 3 heteroatoms. The summed E-state index contributed by atoms with van der Waals surface area (Å²) in [6.07, 6.45) is 0. The molecule has 140 valence electrons. The van der Waals surface area contributed by atoms with Crippen LogP contribution >= 0.6 is 38.0 Å². The van der Waals surface area contributed by atoms with Crippen LogP contribution in [0.3, 0.4) is 0 Å². The Balaban J connectivity index is 1.98. The fourth-order valence-electron chi connectivity index (χ4n) is 3.60. The Morgan fingerprint density at radius 1 is 0.500 bits per heavy atom. The van der Waals surface area contributed by atoms with Crippen molar-refractivity contribution in [3.63, 3.8) is 0 Å². The van der Waals surface area contributed by atoms with Crippen LogP contribution in [-0.2, 0) is 0 Å². The maximum atomic E-state index is 2.84. The Bertz CT molecular complexity index is 922. The van der Waals surface area contributed by atoms with Crippen molar-refractivity contribution in [3.8, 4) is 0 Å². The molecule has 0 fully saturated rings. The molecule has 4 rings (SSSR count). The molecule has 0 amide bonds. The zero-order valence-electron chi connectivity index (χ0n) is 15.5. The molecule has 28 heavy (non-hydrogen) atoms. The topological polar surface area (TPSA) is 0 Å². The van der Waals surface area contributed by atoms with Gasteiger partial charge in [0.2, 0.25) is 0 Å². The summed E-state index contributed by atoms with van der Waals surface area (Å²) in [4.78, 5) is 1.32. The molecule has 0 bridgehead atoms. The third-order valence-corrected chi connectivity index (χ3v) is 19.8. The van der Waals surface area contributed by atoms with Crippen LogP contribution in [-0.4, -0.2) is 5.49 Å². The van der Waals surface area contributed by atoms with E-state index in [-0.39, 0.29) is 0 Å². The monoisotopic (exact) mass is 512 g/mol. The third-order valence-electron chi connectivity index (χ3n) is 5.10. The minimum atomic E-state index is -2.69. The summed E-state index contributed by atoms with van der Waals surface area (Å²) in [5, 5.41) is 4.28. The molecule has 0 saturated carbocycles. The first kappa shape index (κ1) is 19.7. The van der Waals surface area contributed by atoms with Gasteiger partial charge in [0.25, 0.3) is 0 Å². The van der Waals surface area contributed by atoms with E-state index in [0.29, 0.717) is 0 Å². The molecule has 0 atom stereocenters. The van der Waals surface area contributed by atoms with Crippen LogP contribution in [0.1, 0.15) is 0 Å². The third kappa shape index (κ3) is 3.54. The van der Waals surface area contributed by atoms with Crippen LogP contribution in [0.4, 0.5) is 0 Å². The second-order valence-corrected chi connectivity index (χ2v) is 18.9. The van der Waals surface area contributed by atoms with Gasteiger partial charge < -0.3 is 0 Å². The molecule has 0 aromatic heterocycles. The number of halogens is 1. The van der Waals surface area contributed by atoms with Crippen molar-refractivity contribution in [2.24, 2.45) is 0 Å². The molecule has 0 nitrogen and oxygen atoms in total. The fourth-order valence-corrected chi connectivity index (χ4v) is 14.7. The zero-order chi connectivity index (χ0) is 19.3. The van der Waals surface area contributed by atoms with E-state index in [4.69, 9.17) is 0 Å². The van der Waals surface area contributed by atoms with Crippen molar-refractivity contribution >= 4 is 54.0 Å². The number of thioether (sulfide) groups is 1. The van der Waals surface area contributed by atoms with Gasteiger partial charge in [0.05, 0.1) is 0 Å². The molecule has 0 aliphatic rings. The van der Waals surface area contributed by atoms with Gasteiger partial charge in [-0.05, 0) is 0 Å². The van der Waals surface area contributed by atoms with E-state index in [1.54, 1.807) is 0 Å². The van der Waals surface area contributed by atoms with E-state index in [9.17, 15) is 0 Å². The summed E-state index contributed by atoms with van der Waals surface area (Å²) >= 11 is 4.80. The van der Waals surface area contributed by atoms with E-state index in [1.807, 2.05) is 11.8 Å². The van der Waals surface area contributed by atoms with Gasteiger partial charge in [-0.2, -0.15) is 0 Å². The second kappa shape index (κ2) is 8.41. The Hall–Kier alpha value is -1.61. The molecule has 0 aliphatic heterocycles. The first-order valence-electron chi connectivity index (χ1n) is 9.29. The van der Waals surface area contributed by atoms with Crippen molar-refractivity contribution in [1.82, 2.24) is 0 Å². The normalized spacial score (nSPS) is 12.8. The molecule has 0 radical (unpaired) electrons. The summed E-state index contributed by atoms with van der Waals surface area (Å²) in [5.41, 5.74) is 1.02. The molecule has 4 aromatic rings. The predicted octanol–water partition coefficient (Wildman–Crippen LogP) is 6.62. The van der Waals surface area contributed by atoms with Gasteiger partial charge in [0, 0.05) is 0 Å². The summed E-state index contributed by atoms with van der Waals surface area (Å²) in [6.45, 7) is 0. The number of benzene rings is 4. The number of hydrogen-bond donors (Lipinski definition) is 0. The SMILES string of the molecule is IP(CSc1ccccc1)(c1ccccc1)(c1ccccc1)c1ccccc1. The maximum absolute atomic E-state index is 2.84. The van der Waals surface area contributed by atoms with E-state index >= 15 is 0 Å². The first-order valence-corrected chi connectivity index (χ1v) is 15.5. The molecule has 0 N–H and O–H groups in total. The van der Waals surface area contributed by atoms with Crippen LogP contribution in [0.5, 0.6) is 0 Å². The van der Waals surface area contributed by atoms with Crippen LogP contribution in [0.15, 0.2) is 126 Å². The molecular formula is C25H22IPS. The summed E-state index contributed by atoms with van der Waals surface area (Å²) in [6, 6.07) is 44.0. The number of rotatable bonds is 6. The van der Waals surface area contributed by atoms with Gasteiger partial charge in [-0.25, -0.2) is 0 Å². The van der Waals surface area contributed by atoms with Crippen molar-refractivity contribution in [2.45, 2.75) is 4.90 Å². The van der Waals surface area contributed by atoms with Crippen LogP contribution in [0.2, 0.25) is 0 Å². The molecule has 0 saturated heterocycles. The Labute approximate surface area is 184 Å². The van der Waals surface area contributed by atoms with E-state index in [0.717, 1.165) is 5.49 Å². The Morgan fingerprint density at radius 2 is 0.821 bits per heavy atom. The van der Waals surface area contributed by atoms with Crippen LogP contribution in [0, 0.1) is 0 Å². The molecular weight excluding hydrogens is 490 g/mol. The average molecular weight is 512 g/mol. The van der Waals surface area contributed by atoms with Gasteiger partial charge >= 0.3 is 186 Å². The molecule has 4 aromatic carbocycles. The quantitative estimate of drug-likeness (QED) is 0.159. The van der Waals surface area contributed by atoms with Crippen molar-refractivity contribution in [2.75, 3.05) is 5.49 Å². The Morgan fingerprint density at radius 3 is 1.18 bits per heavy atom. The van der Waals surface area contributed by atoms with Crippen LogP contribution < -0.4 is 15.9 Å². The summed E-state index contributed by atoms with van der Waals surface area (Å²) in [7, 11) is 0. The minimum absolute atomic E-state index is 1.02. The molecule has 0 aliphatic carbocycles. The Kier molecular flexibility index (Phi) is 5.91. The standard InChI is InChI=1S/C25H22IPS/c26-27(22-13-5-1-6-14-22,23-15-7-2-8-16-23,24-17-9-3-10-18-24)21-28-25-19-11-4-12-20-25/h1-20H,21H2. The van der Waals surface area contributed by atoms with Crippen molar-refractivity contribution in [1.29, 1.82) is 0 Å². The van der Waals surface area contributed by atoms with Gasteiger partial charge in [-0.15, -0.1) is 0 Å². The van der Waals surface area contributed by atoms with Gasteiger partial charge in [0.15, 0.2) is 0 Å². The van der Waals surface area contributed by atoms with Crippen LogP contribution in [0.25, 0.3) is 0 Å². The van der Waals surface area contributed by atoms with E-state index < -0.39 is 4.25 Å². The second-order valence-electron chi connectivity index (χ2n) is 6.78. The zero-order valence-corrected chi connectivity index (χ0v) is 19.4. The summed E-state index contributed by atoms with van der Waals surface area (Å²) < 4.78 is -2.69. The predicted molar refractivity (Wildman–Crippen MR) is 136 cm³/mol. The molecule has 0 unspecified atom stereocenters. The van der Waals surface area contributed by atoms with Crippen molar-refractivity contribution in [3.05, 3.63) is 121 Å².